The van der Waals surface area contributed by atoms with Gasteiger partial charge >= 0.3 is 0 Å². The lowest BCUT2D eigenvalue weighted by Crippen LogP contribution is -2.09. The Morgan fingerprint density at radius 2 is 2.45 bits per heavy atom. The molecule has 0 saturated carbocycles. The fourth-order valence-corrected chi connectivity index (χ4v) is 1.75. The van der Waals surface area contributed by atoms with Crippen LogP contribution in [0.25, 0.3) is 10.2 Å². The van der Waals surface area contributed by atoms with Gasteiger partial charge in [-0.15, -0.1) is 11.3 Å². The second-order valence-corrected chi connectivity index (χ2v) is 3.27. The lowest BCUT2D eigenvalue weighted by atomic mass is 9.74. The number of pyridine rings is 1. The van der Waals surface area contributed by atoms with Crippen LogP contribution in [0.1, 0.15) is 0 Å². The molecule has 0 unspecified atom stereocenters. The maximum absolute atomic E-state index is 4.30. The van der Waals surface area contributed by atoms with Gasteiger partial charge in [0.25, 0.3) is 0 Å². The Morgan fingerprint density at radius 1 is 1.55 bits per heavy atom. The van der Waals surface area contributed by atoms with Gasteiger partial charge in [0.05, 0.1) is 0 Å². The van der Waals surface area contributed by atoms with E-state index in [4.69, 9.17) is 0 Å². The van der Waals surface area contributed by atoms with E-state index in [0.29, 0.717) is 0 Å². The number of fused-ring (bicyclic) bond motifs is 1. The van der Waals surface area contributed by atoms with E-state index >= 15 is 0 Å². The van der Waals surface area contributed by atoms with E-state index in [-0.39, 0.29) is 0 Å². The van der Waals surface area contributed by atoms with E-state index < -0.39 is 0 Å². The molecule has 0 aliphatic heterocycles. The van der Waals surface area contributed by atoms with Gasteiger partial charge in [-0.2, -0.15) is 0 Å². The molecule has 0 atom stereocenters. The van der Waals surface area contributed by atoms with Gasteiger partial charge in [0.2, 0.25) is 0 Å². The quantitative estimate of drug-likeness (QED) is 0.578. The Bertz CT molecular complexity index is 369. The lowest BCUT2D eigenvalue weighted by molar-refractivity contribution is 1.47. The monoisotopic (exact) mass is 160 g/mol. The molecule has 0 aliphatic carbocycles. The predicted molar refractivity (Wildman–Crippen MR) is 50.9 cm³/mol. The summed E-state index contributed by atoms with van der Waals surface area (Å²) in [6, 6.07) is 4.25. The molecule has 11 heavy (non-hydrogen) atoms. The summed E-state index contributed by atoms with van der Waals surface area (Å²) in [5.74, 6) is 0. The van der Waals surface area contributed by atoms with Crippen molar-refractivity contribution in [1.29, 1.82) is 0 Å². The van der Waals surface area contributed by atoms with Crippen molar-refractivity contribution in [2.24, 2.45) is 0 Å². The summed E-state index contributed by atoms with van der Waals surface area (Å²) >= 11 is 1.68. The molecule has 53 valence electrons. The fraction of sp³-hybridized carbons (Fsp3) is 0.125. The van der Waals surface area contributed by atoms with E-state index in [1.165, 1.54) is 10.8 Å². The Balaban J connectivity index is 2.67. The summed E-state index contributed by atoms with van der Waals surface area (Å²) in [4.78, 5) is 5.42. The van der Waals surface area contributed by atoms with Crippen LogP contribution in [0.5, 0.6) is 0 Å². The molecule has 2 aromatic heterocycles. The number of hydrogen-bond acceptors (Lipinski definition) is 2. The third kappa shape index (κ3) is 1.16. The summed E-state index contributed by atoms with van der Waals surface area (Å²) in [7, 11) is 2.06. The van der Waals surface area contributed by atoms with Gasteiger partial charge in [-0.05, 0) is 11.4 Å². The molecule has 2 heterocycles. The van der Waals surface area contributed by atoms with Crippen LogP contribution in [0.2, 0.25) is 6.82 Å². The highest BCUT2D eigenvalue weighted by molar-refractivity contribution is 7.16. The molecule has 0 aliphatic rings. The van der Waals surface area contributed by atoms with Crippen molar-refractivity contribution < 1.29 is 0 Å². The molecule has 0 bridgehead atoms. The van der Waals surface area contributed by atoms with Gasteiger partial charge in [0.15, 0.2) is 0 Å². The number of hydrogen-bond donors (Lipinski definition) is 0. The van der Waals surface area contributed by atoms with Crippen molar-refractivity contribution in [2.75, 3.05) is 0 Å². The van der Waals surface area contributed by atoms with E-state index in [2.05, 4.69) is 29.8 Å². The molecule has 0 amide bonds. The van der Waals surface area contributed by atoms with Gasteiger partial charge in [0.1, 0.15) is 12.1 Å². The molecular weight excluding hydrogens is 153 g/mol. The SMILES string of the molecule is C[B]c1cnc2sccc2c1. The van der Waals surface area contributed by atoms with E-state index in [1.54, 1.807) is 11.3 Å². The molecule has 2 aromatic rings. The van der Waals surface area contributed by atoms with Crippen LogP contribution >= 0.6 is 11.3 Å². The highest BCUT2D eigenvalue weighted by Gasteiger charge is 1.96. The zero-order valence-electron chi connectivity index (χ0n) is 6.24. The minimum atomic E-state index is 1.12. The molecule has 0 spiro atoms. The maximum Gasteiger partial charge on any atom is 0.150 e. The van der Waals surface area contributed by atoms with Gasteiger partial charge in [-0.1, -0.05) is 18.4 Å². The first kappa shape index (κ1) is 6.86. The maximum atomic E-state index is 4.30. The average Bonchev–Trinajstić information content (AvgIpc) is 2.50. The largest absolute Gasteiger partial charge is 0.246 e. The second-order valence-electron chi connectivity index (χ2n) is 2.37. The number of rotatable bonds is 1. The first-order valence-corrected chi connectivity index (χ1v) is 4.41. The van der Waals surface area contributed by atoms with Crippen LogP contribution in [-0.4, -0.2) is 12.3 Å². The molecule has 2 rings (SSSR count). The van der Waals surface area contributed by atoms with E-state index in [1.807, 2.05) is 13.0 Å². The third-order valence-corrected chi connectivity index (χ3v) is 2.50. The molecule has 0 aromatic carbocycles. The smallest absolute Gasteiger partial charge is 0.150 e. The Morgan fingerprint density at radius 3 is 3.27 bits per heavy atom. The van der Waals surface area contributed by atoms with Crippen LogP contribution in [0, 0.1) is 0 Å². The summed E-state index contributed by atoms with van der Waals surface area (Å²) in [6.45, 7) is 2.02. The van der Waals surface area contributed by atoms with Gasteiger partial charge < -0.3 is 0 Å². The highest BCUT2D eigenvalue weighted by atomic mass is 32.1. The zero-order chi connectivity index (χ0) is 7.68. The van der Waals surface area contributed by atoms with Crippen molar-refractivity contribution in [3.05, 3.63) is 23.7 Å². The highest BCUT2D eigenvalue weighted by Crippen LogP contribution is 2.15. The van der Waals surface area contributed by atoms with Crippen LogP contribution in [0.4, 0.5) is 0 Å². The first-order chi connectivity index (χ1) is 5.40. The van der Waals surface area contributed by atoms with Crippen LogP contribution in [0.3, 0.4) is 0 Å². The summed E-state index contributed by atoms with van der Waals surface area (Å²) < 4.78 is 0. The summed E-state index contributed by atoms with van der Waals surface area (Å²) in [5, 5.41) is 3.31. The molecule has 0 saturated heterocycles. The normalized spacial score (nSPS) is 10.3. The second kappa shape index (κ2) is 2.66. The lowest BCUT2D eigenvalue weighted by Gasteiger charge is -1.92. The minimum Gasteiger partial charge on any atom is -0.246 e. The van der Waals surface area contributed by atoms with E-state index in [9.17, 15) is 0 Å². The molecule has 0 N–H and O–H groups in total. The molecular formula is C8H7BNS. The molecule has 1 radical (unpaired) electrons. The summed E-state index contributed by atoms with van der Waals surface area (Å²) in [5.41, 5.74) is 1.19. The Labute approximate surface area is 70.3 Å². The number of aromatic nitrogens is 1. The van der Waals surface area contributed by atoms with Crippen molar-refractivity contribution in [2.45, 2.75) is 6.82 Å². The van der Waals surface area contributed by atoms with E-state index in [0.717, 1.165) is 4.83 Å². The van der Waals surface area contributed by atoms with Crippen LogP contribution in [-0.2, 0) is 0 Å². The molecule has 1 nitrogen and oxygen atoms in total. The van der Waals surface area contributed by atoms with Gasteiger partial charge in [0, 0.05) is 11.6 Å². The van der Waals surface area contributed by atoms with Crippen molar-refractivity contribution >= 4 is 34.3 Å². The van der Waals surface area contributed by atoms with Crippen LogP contribution < -0.4 is 5.46 Å². The van der Waals surface area contributed by atoms with Gasteiger partial charge in [-0.25, -0.2) is 4.98 Å². The number of thiophene rings is 1. The topological polar surface area (TPSA) is 12.9 Å². The Hall–Kier alpha value is -0.825. The standard InChI is InChI=1S/C8H7BNS/c1-9-7-4-6-2-3-11-8(6)10-5-7/h2-5H,1H3. The molecule has 3 heteroatoms. The first-order valence-electron chi connectivity index (χ1n) is 3.53. The van der Waals surface area contributed by atoms with Gasteiger partial charge in [-0.3, -0.25) is 0 Å². The zero-order valence-corrected chi connectivity index (χ0v) is 7.06. The summed E-state index contributed by atoms with van der Waals surface area (Å²) in [6.07, 6.45) is 1.90. The van der Waals surface area contributed by atoms with Crippen molar-refractivity contribution in [1.82, 2.24) is 4.98 Å². The predicted octanol–water partition coefficient (Wildman–Crippen LogP) is 1.67. The minimum absolute atomic E-state index is 1.12. The van der Waals surface area contributed by atoms with Crippen molar-refractivity contribution in [3.63, 3.8) is 0 Å². The third-order valence-electron chi connectivity index (χ3n) is 1.66. The Kier molecular flexibility index (Phi) is 1.66. The van der Waals surface area contributed by atoms with Crippen LogP contribution in [0.15, 0.2) is 23.7 Å². The number of nitrogens with zero attached hydrogens (tertiary/aromatic N) is 1. The average molecular weight is 160 g/mol. The molecule has 0 fully saturated rings. The fourth-order valence-electron chi connectivity index (χ4n) is 1.03. The van der Waals surface area contributed by atoms with Crippen molar-refractivity contribution in [3.8, 4) is 0 Å².